The van der Waals surface area contributed by atoms with Crippen molar-refractivity contribution in [3.05, 3.63) is 71.8 Å². The summed E-state index contributed by atoms with van der Waals surface area (Å²) in [7, 11) is 0. The molecule has 0 amide bonds. The van der Waals surface area contributed by atoms with Crippen LogP contribution in [0.2, 0.25) is 0 Å². The molecule has 0 aromatic heterocycles. The molecule has 0 aliphatic carbocycles. The Morgan fingerprint density at radius 3 is 1.77 bits per heavy atom. The first-order valence-corrected chi connectivity index (χ1v) is 8.01. The maximum absolute atomic E-state index is 10.3. The number of aliphatic hydroxyl groups excluding tert-OH is 1. The number of aliphatic hydroxyl groups is 1. The molecule has 1 heterocycles. The van der Waals surface area contributed by atoms with Gasteiger partial charge in [-0.05, 0) is 17.5 Å². The van der Waals surface area contributed by atoms with E-state index in [9.17, 15) is 5.11 Å². The standard InChI is InChI=1S/C20H24O2/c1-4-17(21)18-19(2,3)20(22-18,15-11-7-5-8-12-15)16-13-9-6-10-14-16/h5-14,17-18,21H,4H2,1-3H3/t17?,18-/m0/s1. The summed E-state index contributed by atoms with van der Waals surface area (Å²) in [6.07, 6.45) is 0.113. The van der Waals surface area contributed by atoms with E-state index in [0.717, 1.165) is 11.1 Å². The van der Waals surface area contributed by atoms with Gasteiger partial charge in [0.25, 0.3) is 0 Å². The van der Waals surface area contributed by atoms with E-state index >= 15 is 0 Å². The highest BCUT2D eigenvalue weighted by Crippen LogP contribution is 2.60. The van der Waals surface area contributed by atoms with E-state index in [4.69, 9.17) is 4.74 Å². The van der Waals surface area contributed by atoms with Gasteiger partial charge in [0.15, 0.2) is 0 Å². The molecule has 3 rings (SSSR count). The molecule has 0 bridgehead atoms. The van der Waals surface area contributed by atoms with Gasteiger partial charge in [-0.3, -0.25) is 0 Å². The first-order chi connectivity index (χ1) is 10.5. The molecule has 2 heteroatoms. The van der Waals surface area contributed by atoms with Crippen LogP contribution in [0.3, 0.4) is 0 Å². The molecule has 0 spiro atoms. The number of ether oxygens (including phenoxy) is 1. The van der Waals surface area contributed by atoms with Gasteiger partial charge in [0.05, 0.1) is 12.2 Å². The van der Waals surface area contributed by atoms with Crippen molar-refractivity contribution in [3.63, 3.8) is 0 Å². The third-order valence-corrected chi connectivity index (χ3v) is 5.05. The highest BCUT2D eigenvalue weighted by molar-refractivity contribution is 5.42. The molecule has 1 saturated heterocycles. The first-order valence-electron chi connectivity index (χ1n) is 8.01. The topological polar surface area (TPSA) is 29.5 Å². The number of rotatable bonds is 4. The van der Waals surface area contributed by atoms with Gasteiger partial charge in [0, 0.05) is 5.41 Å². The second-order valence-corrected chi connectivity index (χ2v) is 6.65. The average molecular weight is 296 g/mol. The largest absolute Gasteiger partial charge is 0.390 e. The Bertz CT molecular complexity index is 579. The molecule has 1 aliphatic rings. The zero-order chi connectivity index (χ0) is 15.8. The normalized spacial score (nSPS) is 23.5. The van der Waals surface area contributed by atoms with Crippen molar-refractivity contribution in [1.29, 1.82) is 0 Å². The Morgan fingerprint density at radius 2 is 1.41 bits per heavy atom. The second-order valence-electron chi connectivity index (χ2n) is 6.65. The number of hydrogen-bond donors (Lipinski definition) is 1. The van der Waals surface area contributed by atoms with Gasteiger partial charge in [-0.15, -0.1) is 0 Å². The fourth-order valence-corrected chi connectivity index (χ4v) is 3.80. The van der Waals surface area contributed by atoms with Crippen molar-refractivity contribution in [3.8, 4) is 0 Å². The fourth-order valence-electron chi connectivity index (χ4n) is 3.80. The van der Waals surface area contributed by atoms with Crippen LogP contribution in [0.4, 0.5) is 0 Å². The lowest BCUT2D eigenvalue weighted by Gasteiger charge is -2.63. The first kappa shape index (κ1) is 15.3. The van der Waals surface area contributed by atoms with E-state index in [1.165, 1.54) is 0 Å². The monoisotopic (exact) mass is 296 g/mol. The summed E-state index contributed by atoms with van der Waals surface area (Å²) >= 11 is 0. The number of benzene rings is 2. The van der Waals surface area contributed by atoms with Crippen LogP contribution in [-0.4, -0.2) is 17.3 Å². The highest BCUT2D eigenvalue weighted by atomic mass is 16.6. The highest BCUT2D eigenvalue weighted by Gasteiger charge is 2.64. The van der Waals surface area contributed by atoms with Crippen LogP contribution < -0.4 is 0 Å². The molecule has 1 aliphatic heterocycles. The molecule has 2 aromatic rings. The molecule has 2 aromatic carbocycles. The van der Waals surface area contributed by atoms with Gasteiger partial charge in [0.1, 0.15) is 5.60 Å². The predicted octanol–water partition coefficient (Wildman–Crippen LogP) is 4.13. The minimum Gasteiger partial charge on any atom is -0.390 e. The summed E-state index contributed by atoms with van der Waals surface area (Å²) < 4.78 is 6.42. The molecule has 2 atom stereocenters. The van der Waals surface area contributed by atoms with Crippen LogP contribution in [0, 0.1) is 5.41 Å². The van der Waals surface area contributed by atoms with Gasteiger partial charge in [-0.1, -0.05) is 81.4 Å². The lowest BCUT2D eigenvalue weighted by Crippen LogP contribution is -2.68. The fraction of sp³-hybridized carbons (Fsp3) is 0.400. The molecular formula is C20H24O2. The molecular weight excluding hydrogens is 272 g/mol. The average Bonchev–Trinajstić information content (AvgIpc) is 2.56. The van der Waals surface area contributed by atoms with Gasteiger partial charge in [0.2, 0.25) is 0 Å². The van der Waals surface area contributed by atoms with E-state index in [2.05, 4.69) is 38.1 Å². The van der Waals surface area contributed by atoms with E-state index < -0.39 is 11.7 Å². The summed E-state index contributed by atoms with van der Waals surface area (Å²) in [5.41, 5.74) is 1.60. The Morgan fingerprint density at radius 1 is 0.955 bits per heavy atom. The van der Waals surface area contributed by atoms with Gasteiger partial charge >= 0.3 is 0 Å². The van der Waals surface area contributed by atoms with Crippen LogP contribution in [0.15, 0.2) is 60.7 Å². The van der Waals surface area contributed by atoms with E-state index in [0.29, 0.717) is 6.42 Å². The molecule has 1 fully saturated rings. The summed E-state index contributed by atoms with van der Waals surface area (Å²) in [6.45, 7) is 6.38. The molecule has 0 radical (unpaired) electrons. The minimum absolute atomic E-state index is 0.155. The molecule has 22 heavy (non-hydrogen) atoms. The van der Waals surface area contributed by atoms with E-state index in [1.54, 1.807) is 0 Å². The predicted molar refractivity (Wildman–Crippen MR) is 88.6 cm³/mol. The van der Waals surface area contributed by atoms with Gasteiger partial charge < -0.3 is 9.84 Å². The van der Waals surface area contributed by atoms with Crippen molar-refractivity contribution < 1.29 is 9.84 Å². The number of hydrogen-bond acceptors (Lipinski definition) is 2. The van der Waals surface area contributed by atoms with Crippen molar-refractivity contribution in [2.45, 2.75) is 45.0 Å². The van der Waals surface area contributed by atoms with Gasteiger partial charge in [-0.25, -0.2) is 0 Å². The maximum atomic E-state index is 10.3. The van der Waals surface area contributed by atoms with Crippen molar-refractivity contribution >= 4 is 0 Å². The maximum Gasteiger partial charge on any atom is 0.126 e. The van der Waals surface area contributed by atoms with Crippen molar-refractivity contribution in [2.24, 2.45) is 5.41 Å². The van der Waals surface area contributed by atoms with Crippen LogP contribution in [0.1, 0.15) is 38.3 Å². The third-order valence-electron chi connectivity index (χ3n) is 5.05. The second kappa shape index (κ2) is 5.53. The Balaban J connectivity index is 2.12. The zero-order valence-electron chi connectivity index (χ0n) is 13.5. The Labute approximate surface area is 132 Å². The smallest absolute Gasteiger partial charge is 0.126 e. The van der Waals surface area contributed by atoms with Crippen LogP contribution >= 0.6 is 0 Å². The van der Waals surface area contributed by atoms with Crippen LogP contribution in [-0.2, 0) is 10.3 Å². The van der Waals surface area contributed by atoms with Crippen molar-refractivity contribution in [1.82, 2.24) is 0 Å². The van der Waals surface area contributed by atoms with Crippen LogP contribution in [0.5, 0.6) is 0 Å². The van der Waals surface area contributed by atoms with Gasteiger partial charge in [-0.2, -0.15) is 0 Å². The lowest BCUT2D eigenvalue weighted by molar-refractivity contribution is -0.320. The van der Waals surface area contributed by atoms with E-state index in [1.807, 2.05) is 43.3 Å². The molecule has 116 valence electrons. The molecule has 1 N–H and O–H groups in total. The molecule has 0 saturated carbocycles. The van der Waals surface area contributed by atoms with Crippen molar-refractivity contribution in [2.75, 3.05) is 0 Å². The summed E-state index contributed by atoms with van der Waals surface area (Å²) in [6, 6.07) is 20.7. The Hall–Kier alpha value is -1.64. The quantitative estimate of drug-likeness (QED) is 0.919. The lowest BCUT2D eigenvalue weighted by atomic mass is 9.58. The zero-order valence-corrected chi connectivity index (χ0v) is 13.5. The summed E-state index contributed by atoms with van der Waals surface area (Å²) in [4.78, 5) is 0. The summed E-state index contributed by atoms with van der Waals surface area (Å²) in [5.74, 6) is 0. The summed E-state index contributed by atoms with van der Waals surface area (Å²) in [5, 5.41) is 10.3. The van der Waals surface area contributed by atoms with E-state index in [-0.39, 0.29) is 11.5 Å². The Kier molecular flexibility index (Phi) is 3.84. The SMILES string of the molecule is CCC(O)[C@@H]1OC(c2ccccc2)(c2ccccc2)C1(C)C. The minimum atomic E-state index is -0.504. The third kappa shape index (κ3) is 2.02. The van der Waals surface area contributed by atoms with Crippen LogP contribution in [0.25, 0.3) is 0 Å². The molecule has 2 nitrogen and oxygen atoms in total. The molecule has 1 unspecified atom stereocenters.